The largest absolute Gasteiger partial charge is 0.390 e. The van der Waals surface area contributed by atoms with E-state index < -0.39 is 11.5 Å². The summed E-state index contributed by atoms with van der Waals surface area (Å²) < 4.78 is 5.42. The predicted octanol–water partition coefficient (Wildman–Crippen LogP) is 2.69. The SMILES string of the molecule is COC1CCC(Nc2ncc(C(N)=O)c(N[C@H]3CCCC[C@](C)(O)C3)n2)CC1.[HH]. The fraction of sp³-hybridized carbons (Fsp3) is 0.750. The normalized spacial score (nSPS) is 31.0. The Labute approximate surface area is 168 Å². The molecule has 8 heteroatoms. The van der Waals surface area contributed by atoms with E-state index in [-0.39, 0.29) is 19.1 Å². The van der Waals surface area contributed by atoms with Crippen LogP contribution in [-0.2, 0) is 4.74 Å². The van der Waals surface area contributed by atoms with Gasteiger partial charge in [-0.1, -0.05) is 12.8 Å². The third kappa shape index (κ3) is 5.54. The molecule has 28 heavy (non-hydrogen) atoms. The van der Waals surface area contributed by atoms with Crippen LogP contribution in [0.4, 0.5) is 11.8 Å². The van der Waals surface area contributed by atoms with E-state index in [0.29, 0.717) is 24.3 Å². The minimum atomic E-state index is -0.713. The highest BCUT2D eigenvalue weighted by atomic mass is 16.5. The van der Waals surface area contributed by atoms with Gasteiger partial charge in [0.25, 0.3) is 5.91 Å². The molecule has 0 bridgehead atoms. The summed E-state index contributed by atoms with van der Waals surface area (Å²) in [6.45, 7) is 1.87. The summed E-state index contributed by atoms with van der Waals surface area (Å²) in [5.41, 5.74) is 5.09. The number of aromatic nitrogens is 2. The summed E-state index contributed by atoms with van der Waals surface area (Å²) in [4.78, 5) is 20.7. The van der Waals surface area contributed by atoms with E-state index in [1.54, 1.807) is 7.11 Å². The van der Waals surface area contributed by atoms with E-state index in [9.17, 15) is 9.90 Å². The Kier molecular flexibility index (Phi) is 6.72. The van der Waals surface area contributed by atoms with Crippen molar-refractivity contribution >= 4 is 17.7 Å². The first kappa shape index (κ1) is 20.8. The number of aliphatic hydroxyl groups is 1. The lowest BCUT2D eigenvalue weighted by Crippen LogP contribution is -2.33. The summed E-state index contributed by atoms with van der Waals surface area (Å²) in [6, 6.07) is 0.327. The monoisotopic (exact) mass is 393 g/mol. The second-order valence-corrected chi connectivity index (χ2v) is 8.46. The molecule has 2 fully saturated rings. The number of hydrogen-bond donors (Lipinski definition) is 4. The molecule has 1 amide bonds. The van der Waals surface area contributed by atoms with Crippen LogP contribution in [0.1, 0.15) is 76.5 Å². The molecule has 0 radical (unpaired) electrons. The van der Waals surface area contributed by atoms with Gasteiger partial charge in [-0.15, -0.1) is 0 Å². The van der Waals surface area contributed by atoms with Crippen molar-refractivity contribution in [2.75, 3.05) is 17.7 Å². The van der Waals surface area contributed by atoms with Crippen LogP contribution in [0, 0.1) is 0 Å². The molecule has 2 atom stereocenters. The molecule has 2 saturated carbocycles. The summed E-state index contributed by atoms with van der Waals surface area (Å²) in [6.07, 6.45) is 10.2. The van der Waals surface area contributed by atoms with Crippen molar-refractivity contribution in [1.82, 2.24) is 9.97 Å². The van der Waals surface area contributed by atoms with Crippen molar-refractivity contribution in [3.63, 3.8) is 0 Å². The smallest absolute Gasteiger partial charge is 0.254 e. The van der Waals surface area contributed by atoms with Crippen LogP contribution in [0.2, 0.25) is 0 Å². The molecule has 0 unspecified atom stereocenters. The predicted molar refractivity (Wildman–Crippen MR) is 110 cm³/mol. The van der Waals surface area contributed by atoms with Crippen LogP contribution < -0.4 is 16.4 Å². The van der Waals surface area contributed by atoms with Crippen LogP contribution in [0.5, 0.6) is 0 Å². The van der Waals surface area contributed by atoms with Gasteiger partial charge in [-0.05, 0) is 51.9 Å². The highest BCUT2D eigenvalue weighted by Gasteiger charge is 2.29. The van der Waals surface area contributed by atoms with E-state index in [4.69, 9.17) is 10.5 Å². The maximum Gasteiger partial charge on any atom is 0.254 e. The Balaban J connectivity index is 0.00000300. The van der Waals surface area contributed by atoms with Crippen molar-refractivity contribution in [3.8, 4) is 0 Å². The topological polar surface area (TPSA) is 122 Å². The average Bonchev–Trinajstić information content (AvgIpc) is 2.82. The summed E-state index contributed by atoms with van der Waals surface area (Å²) in [5, 5.41) is 17.2. The number of primary amides is 1. The lowest BCUT2D eigenvalue weighted by atomic mass is 9.93. The summed E-state index contributed by atoms with van der Waals surface area (Å²) >= 11 is 0. The van der Waals surface area contributed by atoms with Crippen LogP contribution in [-0.4, -0.2) is 51.9 Å². The minimum absolute atomic E-state index is 0. The van der Waals surface area contributed by atoms with Gasteiger partial charge in [-0.25, -0.2) is 4.98 Å². The number of carbonyl (C=O) groups is 1. The first-order valence-corrected chi connectivity index (χ1v) is 10.3. The first-order chi connectivity index (χ1) is 13.4. The number of anilines is 2. The van der Waals surface area contributed by atoms with Crippen LogP contribution in [0.3, 0.4) is 0 Å². The van der Waals surface area contributed by atoms with Gasteiger partial charge in [-0.3, -0.25) is 4.79 Å². The first-order valence-electron chi connectivity index (χ1n) is 10.3. The molecule has 1 aromatic rings. The molecule has 8 nitrogen and oxygen atoms in total. The lowest BCUT2D eigenvalue weighted by molar-refractivity contribution is 0.0420. The molecule has 1 heterocycles. The third-order valence-corrected chi connectivity index (χ3v) is 5.94. The molecular weight excluding hydrogens is 358 g/mol. The molecule has 0 aromatic carbocycles. The van der Waals surface area contributed by atoms with Crippen molar-refractivity contribution in [1.29, 1.82) is 0 Å². The van der Waals surface area contributed by atoms with Crippen molar-refractivity contribution in [2.24, 2.45) is 5.73 Å². The summed E-state index contributed by atoms with van der Waals surface area (Å²) in [7, 11) is 1.76. The van der Waals surface area contributed by atoms with Gasteiger partial charge in [-0.2, -0.15) is 4.98 Å². The zero-order valence-corrected chi connectivity index (χ0v) is 16.9. The number of hydrogen-bond acceptors (Lipinski definition) is 7. The van der Waals surface area contributed by atoms with Gasteiger partial charge < -0.3 is 26.2 Å². The van der Waals surface area contributed by atoms with Crippen molar-refractivity contribution in [2.45, 2.75) is 88.5 Å². The molecule has 0 aliphatic heterocycles. The standard InChI is InChI=1S/C20H33N5O3.H2/c1-20(27)10-4-3-5-14(11-20)23-18-16(17(21)26)12-22-19(25-18)24-13-6-8-15(28-2)9-7-13;/h12-15,27H,3-11H2,1-2H3,(H2,21,26)(H2,22,23,24,25);1H/t13?,14-,15?,20-;/m0./s1. The van der Waals surface area contributed by atoms with Crippen LogP contribution >= 0.6 is 0 Å². The molecule has 5 N–H and O–H groups in total. The minimum Gasteiger partial charge on any atom is -0.390 e. The quantitative estimate of drug-likeness (QED) is 0.548. The number of nitrogens with two attached hydrogens (primary N) is 1. The molecule has 2 aliphatic rings. The van der Waals surface area contributed by atoms with Gasteiger partial charge in [0.15, 0.2) is 0 Å². The highest BCUT2D eigenvalue weighted by Crippen LogP contribution is 2.29. The van der Waals surface area contributed by atoms with Gasteiger partial charge in [0.2, 0.25) is 5.95 Å². The van der Waals surface area contributed by atoms with Gasteiger partial charge in [0.1, 0.15) is 5.82 Å². The Bertz CT molecular complexity index is 680. The van der Waals surface area contributed by atoms with E-state index in [1.807, 2.05) is 6.92 Å². The molecule has 158 valence electrons. The second-order valence-electron chi connectivity index (χ2n) is 8.46. The second kappa shape index (κ2) is 9.05. The summed E-state index contributed by atoms with van der Waals surface area (Å²) in [5.74, 6) is 0.377. The Morgan fingerprint density at radius 3 is 2.68 bits per heavy atom. The Morgan fingerprint density at radius 2 is 2.00 bits per heavy atom. The molecule has 3 rings (SSSR count). The van der Waals surface area contributed by atoms with Gasteiger partial charge in [0, 0.05) is 26.8 Å². The van der Waals surface area contributed by atoms with Gasteiger partial charge in [0.05, 0.1) is 17.3 Å². The Morgan fingerprint density at radius 1 is 1.25 bits per heavy atom. The zero-order valence-electron chi connectivity index (χ0n) is 16.9. The number of carbonyl (C=O) groups excluding carboxylic acids is 1. The lowest BCUT2D eigenvalue weighted by Gasteiger charge is -2.29. The Hall–Kier alpha value is -1.93. The number of nitrogens with zero attached hydrogens (tertiary/aromatic N) is 2. The highest BCUT2D eigenvalue weighted by molar-refractivity contribution is 5.97. The van der Waals surface area contributed by atoms with E-state index in [0.717, 1.165) is 51.4 Å². The van der Waals surface area contributed by atoms with Crippen molar-refractivity contribution < 1.29 is 16.1 Å². The number of amides is 1. The van der Waals surface area contributed by atoms with E-state index in [1.165, 1.54) is 6.20 Å². The molecule has 1 aromatic heterocycles. The maximum atomic E-state index is 11.8. The number of methoxy groups -OCH3 is 1. The van der Waals surface area contributed by atoms with Crippen molar-refractivity contribution in [3.05, 3.63) is 11.8 Å². The van der Waals surface area contributed by atoms with Gasteiger partial charge >= 0.3 is 0 Å². The number of ether oxygens (including phenoxy) is 1. The molecule has 0 saturated heterocycles. The van der Waals surface area contributed by atoms with E-state index in [2.05, 4.69) is 20.6 Å². The average molecular weight is 394 g/mol. The molecule has 2 aliphatic carbocycles. The van der Waals surface area contributed by atoms with E-state index >= 15 is 0 Å². The fourth-order valence-corrected chi connectivity index (χ4v) is 4.32. The van der Waals surface area contributed by atoms with Crippen LogP contribution in [0.25, 0.3) is 0 Å². The fourth-order valence-electron chi connectivity index (χ4n) is 4.32. The number of nitrogens with one attached hydrogen (secondary N) is 2. The maximum absolute atomic E-state index is 11.8. The molecular formula is C20H35N5O3. The third-order valence-electron chi connectivity index (χ3n) is 5.94. The number of rotatable bonds is 6. The zero-order chi connectivity index (χ0) is 20.1. The van der Waals surface area contributed by atoms with Crippen LogP contribution in [0.15, 0.2) is 6.20 Å². The molecule has 0 spiro atoms.